The molecule has 5 nitrogen and oxygen atoms in total. The van der Waals surface area contributed by atoms with Crippen molar-refractivity contribution in [2.24, 2.45) is 0 Å². The maximum atomic E-state index is 11.5. The molecule has 1 rings (SSSR count). The Morgan fingerprint density at radius 2 is 2.12 bits per heavy atom. The standard InChI is InChI=1S/C11H18N2O3S/c1-3-8(7-14)13-9-5-4-6-10(11(9)12)17(2,15)16/h4-6,8,13-14H,3,7,12H2,1-2H3. The van der Waals surface area contributed by atoms with Gasteiger partial charge in [0.15, 0.2) is 9.84 Å². The van der Waals surface area contributed by atoms with Gasteiger partial charge in [-0.2, -0.15) is 0 Å². The molecule has 0 aliphatic carbocycles. The molecule has 0 saturated carbocycles. The van der Waals surface area contributed by atoms with Crippen LogP contribution in [0.5, 0.6) is 0 Å². The Balaban J connectivity index is 3.11. The Hall–Kier alpha value is -1.27. The summed E-state index contributed by atoms with van der Waals surface area (Å²) in [4.78, 5) is 0.107. The summed E-state index contributed by atoms with van der Waals surface area (Å²) < 4.78 is 22.9. The van der Waals surface area contributed by atoms with Gasteiger partial charge in [-0.25, -0.2) is 8.42 Å². The van der Waals surface area contributed by atoms with Crippen molar-refractivity contribution in [2.75, 3.05) is 23.9 Å². The van der Waals surface area contributed by atoms with E-state index in [4.69, 9.17) is 10.8 Å². The van der Waals surface area contributed by atoms with E-state index < -0.39 is 9.84 Å². The third kappa shape index (κ3) is 3.34. The van der Waals surface area contributed by atoms with Crippen LogP contribution in [-0.4, -0.2) is 32.4 Å². The summed E-state index contributed by atoms with van der Waals surface area (Å²) in [5, 5.41) is 12.1. The van der Waals surface area contributed by atoms with Crippen LogP contribution < -0.4 is 11.1 Å². The number of anilines is 2. The number of nitrogen functional groups attached to an aromatic ring is 1. The molecule has 1 unspecified atom stereocenters. The maximum absolute atomic E-state index is 11.5. The molecule has 0 spiro atoms. The lowest BCUT2D eigenvalue weighted by Crippen LogP contribution is -2.23. The summed E-state index contributed by atoms with van der Waals surface area (Å²) in [6, 6.07) is 4.66. The minimum absolute atomic E-state index is 0.0287. The van der Waals surface area contributed by atoms with Gasteiger partial charge in [-0.05, 0) is 18.6 Å². The molecule has 0 saturated heterocycles. The second-order valence-electron chi connectivity index (χ2n) is 3.92. The van der Waals surface area contributed by atoms with Crippen LogP contribution in [0.3, 0.4) is 0 Å². The first-order valence-corrected chi connectivity index (χ1v) is 7.25. The normalized spacial score (nSPS) is 13.4. The van der Waals surface area contributed by atoms with E-state index >= 15 is 0 Å². The van der Waals surface area contributed by atoms with Gasteiger partial charge in [0.1, 0.15) is 0 Å². The van der Waals surface area contributed by atoms with Crippen molar-refractivity contribution >= 4 is 21.2 Å². The van der Waals surface area contributed by atoms with Crippen LogP contribution in [0, 0.1) is 0 Å². The van der Waals surface area contributed by atoms with E-state index in [2.05, 4.69) is 5.32 Å². The predicted octanol–water partition coefficient (Wildman–Crippen LogP) is 0.855. The number of hydrogen-bond acceptors (Lipinski definition) is 5. The molecule has 0 fully saturated rings. The van der Waals surface area contributed by atoms with Crippen molar-refractivity contribution in [3.8, 4) is 0 Å². The van der Waals surface area contributed by atoms with Crippen LogP contribution >= 0.6 is 0 Å². The fraction of sp³-hybridized carbons (Fsp3) is 0.455. The fourth-order valence-electron chi connectivity index (χ4n) is 1.49. The van der Waals surface area contributed by atoms with Gasteiger partial charge in [0.05, 0.1) is 22.9 Å². The van der Waals surface area contributed by atoms with Crippen molar-refractivity contribution in [1.82, 2.24) is 0 Å². The first-order chi connectivity index (χ1) is 7.90. The van der Waals surface area contributed by atoms with E-state index in [1.807, 2.05) is 6.92 Å². The minimum Gasteiger partial charge on any atom is -0.396 e. The summed E-state index contributed by atoms with van der Waals surface area (Å²) >= 11 is 0. The molecule has 17 heavy (non-hydrogen) atoms. The summed E-state index contributed by atoms with van der Waals surface area (Å²) in [5.41, 5.74) is 6.54. The molecule has 1 aromatic carbocycles. The number of aliphatic hydroxyl groups excluding tert-OH is 1. The van der Waals surface area contributed by atoms with Gasteiger partial charge in [-0.15, -0.1) is 0 Å². The number of benzene rings is 1. The molecule has 0 heterocycles. The van der Waals surface area contributed by atoms with Gasteiger partial charge in [0.2, 0.25) is 0 Å². The smallest absolute Gasteiger partial charge is 0.177 e. The SMILES string of the molecule is CCC(CO)Nc1cccc(S(C)(=O)=O)c1N. The first kappa shape index (κ1) is 13.8. The van der Waals surface area contributed by atoms with Gasteiger partial charge < -0.3 is 16.2 Å². The summed E-state index contributed by atoms with van der Waals surface area (Å²) in [6.07, 6.45) is 1.84. The largest absolute Gasteiger partial charge is 0.396 e. The van der Waals surface area contributed by atoms with Crippen LogP contribution in [0.4, 0.5) is 11.4 Å². The fourth-order valence-corrected chi connectivity index (χ4v) is 2.33. The lowest BCUT2D eigenvalue weighted by atomic mass is 10.2. The first-order valence-electron chi connectivity index (χ1n) is 5.36. The van der Waals surface area contributed by atoms with Gasteiger partial charge in [-0.3, -0.25) is 0 Å². The minimum atomic E-state index is -3.33. The summed E-state index contributed by atoms with van der Waals surface area (Å²) in [6.45, 7) is 1.89. The Kier molecular flexibility index (Phi) is 4.36. The number of para-hydroxylation sites is 1. The highest BCUT2D eigenvalue weighted by molar-refractivity contribution is 7.90. The molecular formula is C11H18N2O3S. The Labute approximate surface area is 102 Å². The highest BCUT2D eigenvalue weighted by Crippen LogP contribution is 2.27. The quantitative estimate of drug-likeness (QED) is 0.681. The highest BCUT2D eigenvalue weighted by Gasteiger charge is 2.15. The van der Waals surface area contributed by atoms with E-state index in [1.54, 1.807) is 12.1 Å². The Morgan fingerprint density at radius 3 is 2.59 bits per heavy atom. The molecule has 0 aromatic heterocycles. The zero-order valence-electron chi connectivity index (χ0n) is 9.97. The molecule has 1 atom stereocenters. The summed E-state index contributed by atoms with van der Waals surface area (Å²) in [5.74, 6) is 0. The maximum Gasteiger partial charge on any atom is 0.177 e. The number of hydrogen-bond donors (Lipinski definition) is 3. The van der Waals surface area contributed by atoms with Crippen LogP contribution in [0.2, 0.25) is 0 Å². The van der Waals surface area contributed by atoms with Crippen molar-refractivity contribution < 1.29 is 13.5 Å². The van der Waals surface area contributed by atoms with Crippen molar-refractivity contribution in [3.63, 3.8) is 0 Å². The molecular weight excluding hydrogens is 240 g/mol. The highest BCUT2D eigenvalue weighted by atomic mass is 32.2. The molecule has 96 valence electrons. The molecule has 6 heteroatoms. The second kappa shape index (κ2) is 5.37. The number of aliphatic hydroxyl groups is 1. The van der Waals surface area contributed by atoms with Crippen molar-refractivity contribution in [1.29, 1.82) is 0 Å². The zero-order valence-corrected chi connectivity index (χ0v) is 10.8. The number of sulfone groups is 1. The van der Waals surface area contributed by atoms with Crippen LogP contribution in [0.25, 0.3) is 0 Å². The van der Waals surface area contributed by atoms with Gasteiger partial charge in [0, 0.05) is 12.3 Å². The molecule has 0 aliphatic rings. The van der Waals surface area contributed by atoms with Crippen LogP contribution in [0.15, 0.2) is 23.1 Å². The van der Waals surface area contributed by atoms with Gasteiger partial charge in [-0.1, -0.05) is 13.0 Å². The molecule has 4 N–H and O–H groups in total. The lowest BCUT2D eigenvalue weighted by molar-refractivity contribution is 0.272. The third-order valence-corrected chi connectivity index (χ3v) is 3.69. The van der Waals surface area contributed by atoms with Crippen LogP contribution in [-0.2, 0) is 9.84 Å². The monoisotopic (exact) mass is 258 g/mol. The van der Waals surface area contributed by atoms with Crippen LogP contribution in [0.1, 0.15) is 13.3 Å². The third-order valence-electron chi connectivity index (χ3n) is 2.54. The molecule has 0 bridgehead atoms. The molecule has 0 radical (unpaired) electrons. The van der Waals surface area contributed by atoms with Gasteiger partial charge >= 0.3 is 0 Å². The summed E-state index contributed by atoms with van der Waals surface area (Å²) in [7, 11) is -3.33. The lowest BCUT2D eigenvalue weighted by Gasteiger charge is -2.18. The van der Waals surface area contributed by atoms with Crippen molar-refractivity contribution in [2.45, 2.75) is 24.3 Å². The van der Waals surface area contributed by atoms with E-state index in [0.717, 1.165) is 12.7 Å². The Bertz CT molecular complexity index is 481. The molecule has 0 amide bonds. The number of nitrogens with one attached hydrogen (secondary N) is 1. The van der Waals surface area contributed by atoms with Crippen molar-refractivity contribution in [3.05, 3.63) is 18.2 Å². The van der Waals surface area contributed by atoms with E-state index in [-0.39, 0.29) is 23.2 Å². The number of nitrogens with two attached hydrogens (primary N) is 1. The topological polar surface area (TPSA) is 92.4 Å². The predicted molar refractivity (Wildman–Crippen MR) is 68.8 cm³/mol. The van der Waals surface area contributed by atoms with E-state index in [9.17, 15) is 8.42 Å². The van der Waals surface area contributed by atoms with Gasteiger partial charge in [0.25, 0.3) is 0 Å². The Morgan fingerprint density at radius 1 is 1.47 bits per heavy atom. The average molecular weight is 258 g/mol. The molecule has 1 aromatic rings. The average Bonchev–Trinajstić information content (AvgIpc) is 2.26. The van der Waals surface area contributed by atoms with E-state index in [1.165, 1.54) is 6.07 Å². The number of rotatable bonds is 5. The molecule has 0 aliphatic heterocycles. The second-order valence-corrected chi connectivity index (χ2v) is 5.91. The van der Waals surface area contributed by atoms with E-state index in [0.29, 0.717) is 5.69 Å². The zero-order chi connectivity index (χ0) is 13.1.